The van der Waals surface area contributed by atoms with E-state index in [9.17, 15) is 9.59 Å². The minimum atomic E-state index is -0.296. The Morgan fingerprint density at radius 2 is 2.06 bits per heavy atom. The van der Waals surface area contributed by atoms with E-state index < -0.39 is 0 Å². The fourth-order valence-electron chi connectivity index (χ4n) is 2.34. The molecule has 1 aliphatic carbocycles. The average molecular weight is 238 g/mol. The number of carbonyl (C=O) groups excluding carboxylic acids is 2. The fourth-order valence-corrected chi connectivity index (χ4v) is 2.34. The Morgan fingerprint density at radius 1 is 1.35 bits per heavy atom. The molecule has 1 N–H and O–H groups in total. The molecule has 0 aromatic heterocycles. The van der Waals surface area contributed by atoms with E-state index in [1.54, 1.807) is 4.90 Å². The van der Waals surface area contributed by atoms with Crippen molar-refractivity contribution in [2.24, 2.45) is 11.8 Å². The minimum Gasteiger partial charge on any atom is -0.343 e. The van der Waals surface area contributed by atoms with Gasteiger partial charge in [0, 0.05) is 6.54 Å². The van der Waals surface area contributed by atoms with Crippen LogP contribution in [0.25, 0.3) is 0 Å². The van der Waals surface area contributed by atoms with Gasteiger partial charge in [-0.2, -0.15) is 0 Å². The van der Waals surface area contributed by atoms with E-state index in [0.29, 0.717) is 5.92 Å². The second kappa shape index (κ2) is 5.07. The van der Waals surface area contributed by atoms with E-state index in [1.165, 1.54) is 12.8 Å². The Hall–Kier alpha value is -1.06. The maximum atomic E-state index is 12.2. The smallest absolute Gasteiger partial charge is 0.245 e. The number of amides is 2. The summed E-state index contributed by atoms with van der Waals surface area (Å²) in [5.41, 5.74) is 0. The molecule has 2 amide bonds. The molecule has 2 rings (SSSR count). The lowest BCUT2D eigenvalue weighted by Crippen LogP contribution is -2.58. The number of rotatable bonds is 5. The van der Waals surface area contributed by atoms with Crippen LogP contribution >= 0.6 is 0 Å². The third kappa shape index (κ3) is 3.45. The summed E-state index contributed by atoms with van der Waals surface area (Å²) in [6, 6.07) is -0.296. The van der Waals surface area contributed by atoms with Gasteiger partial charge >= 0.3 is 0 Å². The topological polar surface area (TPSA) is 49.4 Å². The molecule has 1 unspecified atom stereocenters. The van der Waals surface area contributed by atoms with Gasteiger partial charge in [0.15, 0.2) is 0 Å². The highest BCUT2D eigenvalue weighted by molar-refractivity contribution is 5.94. The molecule has 0 aromatic rings. The lowest BCUT2D eigenvalue weighted by atomic mass is 10.0. The molecule has 1 atom stereocenters. The van der Waals surface area contributed by atoms with Crippen LogP contribution in [0.15, 0.2) is 0 Å². The van der Waals surface area contributed by atoms with Gasteiger partial charge < -0.3 is 10.2 Å². The first-order valence-corrected chi connectivity index (χ1v) is 6.64. The quantitative estimate of drug-likeness (QED) is 0.781. The van der Waals surface area contributed by atoms with E-state index in [4.69, 9.17) is 0 Å². The van der Waals surface area contributed by atoms with Crippen LogP contribution in [-0.2, 0) is 9.59 Å². The Balaban J connectivity index is 1.90. The maximum absolute atomic E-state index is 12.2. The predicted molar refractivity (Wildman–Crippen MR) is 65.3 cm³/mol. The maximum Gasteiger partial charge on any atom is 0.245 e. The van der Waals surface area contributed by atoms with Crippen molar-refractivity contribution in [1.82, 2.24) is 10.2 Å². The molecule has 17 heavy (non-hydrogen) atoms. The molecular weight excluding hydrogens is 216 g/mol. The summed E-state index contributed by atoms with van der Waals surface area (Å²) in [7, 11) is 0. The molecule has 0 radical (unpaired) electrons. The standard InChI is InChI=1S/C13H22N2O2/c1-9(2)7-11-13(17)15(8-12(16)14-11)6-5-10-3-4-10/h9-11H,3-8H2,1-2H3,(H,14,16). The summed E-state index contributed by atoms with van der Waals surface area (Å²) in [6.45, 7) is 5.15. The summed E-state index contributed by atoms with van der Waals surface area (Å²) in [4.78, 5) is 25.5. The van der Waals surface area contributed by atoms with Gasteiger partial charge in [0.2, 0.25) is 11.8 Å². The Morgan fingerprint density at radius 3 is 2.65 bits per heavy atom. The lowest BCUT2D eigenvalue weighted by Gasteiger charge is -2.33. The van der Waals surface area contributed by atoms with Crippen molar-refractivity contribution in [3.8, 4) is 0 Å². The zero-order valence-electron chi connectivity index (χ0n) is 10.7. The molecule has 4 heteroatoms. The van der Waals surface area contributed by atoms with Crippen molar-refractivity contribution in [2.75, 3.05) is 13.1 Å². The highest BCUT2D eigenvalue weighted by Gasteiger charge is 2.33. The molecule has 0 bridgehead atoms. The lowest BCUT2D eigenvalue weighted by molar-refractivity contribution is -0.144. The van der Waals surface area contributed by atoms with Gasteiger partial charge in [-0.3, -0.25) is 9.59 Å². The largest absolute Gasteiger partial charge is 0.343 e. The van der Waals surface area contributed by atoms with Crippen LogP contribution in [0, 0.1) is 11.8 Å². The van der Waals surface area contributed by atoms with Crippen molar-refractivity contribution >= 4 is 11.8 Å². The van der Waals surface area contributed by atoms with E-state index in [-0.39, 0.29) is 24.4 Å². The van der Waals surface area contributed by atoms with Crippen LogP contribution in [-0.4, -0.2) is 35.8 Å². The fraction of sp³-hybridized carbons (Fsp3) is 0.846. The Labute approximate surface area is 103 Å². The predicted octanol–water partition coefficient (Wildman–Crippen LogP) is 1.16. The van der Waals surface area contributed by atoms with Gasteiger partial charge in [-0.15, -0.1) is 0 Å². The highest BCUT2D eigenvalue weighted by Crippen LogP contribution is 2.32. The van der Waals surface area contributed by atoms with E-state index in [2.05, 4.69) is 19.2 Å². The second-order valence-corrected chi connectivity index (χ2v) is 5.74. The number of piperazine rings is 1. The zero-order chi connectivity index (χ0) is 12.4. The first-order chi connectivity index (χ1) is 8.06. The normalized spacial score (nSPS) is 25.4. The molecule has 1 aliphatic heterocycles. The van der Waals surface area contributed by atoms with Gasteiger partial charge in [-0.25, -0.2) is 0 Å². The summed E-state index contributed by atoms with van der Waals surface area (Å²) in [6.07, 6.45) is 4.39. The highest BCUT2D eigenvalue weighted by atomic mass is 16.2. The van der Waals surface area contributed by atoms with Crippen molar-refractivity contribution < 1.29 is 9.59 Å². The number of hydrogen-bond donors (Lipinski definition) is 1. The van der Waals surface area contributed by atoms with Gasteiger partial charge in [0.1, 0.15) is 6.04 Å². The zero-order valence-corrected chi connectivity index (χ0v) is 10.7. The molecule has 1 saturated heterocycles. The molecule has 1 saturated carbocycles. The number of hydrogen-bond acceptors (Lipinski definition) is 2. The van der Waals surface area contributed by atoms with Crippen molar-refractivity contribution in [1.29, 1.82) is 0 Å². The average Bonchev–Trinajstić information content (AvgIpc) is 3.03. The summed E-state index contributed by atoms with van der Waals surface area (Å²) in [5.74, 6) is 1.33. The monoisotopic (exact) mass is 238 g/mol. The van der Waals surface area contributed by atoms with Gasteiger partial charge in [-0.1, -0.05) is 26.7 Å². The van der Waals surface area contributed by atoms with Crippen molar-refractivity contribution in [2.45, 2.75) is 45.6 Å². The number of nitrogens with zero attached hydrogens (tertiary/aromatic N) is 1. The molecule has 4 nitrogen and oxygen atoms in total. The van der Waals surface area contributed by atoms with Crippen LogP contribution in [0.2, 0.25) is 0 Å². The van der Waals surface area contributed by atoms with E-state index >= 15 is 0 Å². The molecule has 0 spiro atoms. The second-order valence-electron chi connectivity index (χ2n) is 5.74. The molecular formula is C13H22N2O2. The van der Waals surface area contributed by atoms with Crippen LogP contribution in [0.4, 0.5) is 0 Å². The van der Waals surface area contributed by atoms with Crippen molar-refractivity contribution in [3.05, 3.63) is 0 Å². The SMILES string of the molecule is CC(C)CC1NC(=O)CN(CCC2CC2)C1=O. The van der Waals surface area contributed by atoms with Gasteiger partial charge in [-0.05, 0) is 24.7 Å². The Bertz CT molecular complexity index is 311. The van der Waals surface area contributed by atoms with Crippen molar-refractivity contribution in [3.63, 3.8) is 0 Å². The Kier molecular flexibility index (Phi) is 3.69. The first-order valence-electron chi connectivity index (χ1n) is 6.64. The number of carbonyl (C=O) groups is 2. The van der Waals surface area contributed by atoms with E-state index in [1.807, 2.05) is 0 Å². The first kappa shape index (κ1) is 12.4. The van der Waals surface area contributed by atoms with Gasteiger partial charge in [0.05, 0.1) is 6.54 Å². The minimum absolute atomic E-state index is 0.00829. The third-order valence-electron chi connectivity index (χ3n) is 3.49. The van der Waals surface area contributed by atoms with Crippen LogP contribution < -0.4 is 5.32 Å². The molecule has 96 valence electrons. The summed E-state index contributed by atoms with van der Waals surface area (Å²) >= 11 is 0. The molecule has 1 heterocycles. The van der Waals surface area contributed by atoms with Crippen LogP contribution in [0.5, 0.6) is 0 Å². The third-order valence-corrected chi connectivity index (χ3v) is 3.49. The number of nitrogens with one attached hydrogen (secondary N) is 1. The van der Waals surface area contributed by atoms with Crippen LogP contribution in [0.1, 0.15) is 39.5 Å². The molecule has 2 fully saturated rings. The molecule has 2 aliphatic rings. The van der Waals surface area contributed by atoms with Gasteiger partial charge in [0.25, 0.3) is 0 Å². The van der Waals surface area contributed by atoms with Crippen LogP contribution in [0.3, 0.4) is 0 Å². The van der Waals surface area contributed by atoms with E-state index in [0.717, 1.165) is 25.3 Å². The summed E-state index contributed by atoms with van der Waals surface area (Å²) in [5, 5.41) is 2.80. The summed E-state index contributed by atoms with van der Waals surface area (Å²) < 4.78 is 0. The molecule has 0 aromatic carbocycles.